The topological polar surface area (TPSA) is 103 Å². The molecule has 200 valence electrons. The van der Waals surface area contributed by atoms with Crippen molar-refractivity contribution in [2.45, 2.75) is 25.6 Å². The van der Waals surface area contributed by atoms with Crippen LogP contribution in [0.15, 0.2) is 89.9 Å². The zero-order valence-electron chi connectivity index (χ0n) is 21.2. The Morgan fingerprint density at radius 3 is 2.36 bits per heavy atom. The van der Waals surface area contributed by atoms with Crippen molar-refractivity contribution in [2.24, 2.45) is 5.73 Å². The number of esters is 1. The summed E-state index contributed by atoms with van der Waals surface area (Å²) < 4.78 is 6.50. The quantitative estimate of drug-likeness (QED) is 0.283. The highest BCUT2D eigenvalue weighted by atomic mass is 35.5. The summed E-state index contributed by atoms with van der Waals surface area (Å²) in [5, 5.41) is 3.40. The van der Waals surface area contributed by atoms with E-state index in [9.17, 15) is 14.4 Å². The summed E-state index contributed by atoms with van der Waals surface area (Å²) in [6, 6.07) is 22.5. The van der Waals surface area contributed by atoms with E-state index in [0.717, 1.165) is 11.1 Å². The van der Waals surface area contributed by atoms with Crippen LogP contribution in [-0.2, 0) is 29.0 Å². The molecule has 0 saturated carbocycles. The molecule has 0 radical (unpaired) electrons. The van der Waals surface area contributed by atoms with E-state index in [1.165, 1.54) is 7.11 Å². The standard InChI is InChI=1S/C30H27Cl2N3O4/c1-39-30(38)26(34-28(36)27-22(16-33)8-5-9-25(27)32)14-19-10-12-21(13-11-19)24-15-23(31)18-35(29(24)37)17-20-6-3-2-4-7-20/h2-13,15,18,26H,14,16-17,33H2,1H3,(H,34,36)/t26-/m0/s1. The molecule has 7 nitrogen and oxygen atoms in total. The van der Waals surface area contributed by atoms with Crippen molar-refractivity contribution in [1.82, 2.24) is 9.88 Å². The molecule has 3 aromatic carbocycles. The van der Waals surface area contributed by atoms with E-state index in [0.29, 0.717) is 28.3 Å². The number of methoxy groups -OCH3 is 1. The predicted molar refractivity (Wildman–Crippen MR) is 153 cm³/mol. The number of nitrogens with zero attached hydrogens (tertiary/aromatic N) is 1. The molecule has 0 spiro atoms. The Morgan fingerprint density at radius 2 is 1.69 bits per heavy atom. The molecule has 0 aliphatic heterocycles. The number of hydrogen-bond donors (Lipinski definition) is 2. The lowest BCUT2D eigenvalue weighted by atomic mass is 10.0. The summed E-state index contributed by atoms with van der Waals surface area (Å²) in [4.78, 5) is 38.8. The van der Waals surface area contributed by atoms with Crippen molar-refractivity contribution in [3.63, 3.8) is 0 Å². The van der Waals surface area contributed by atoms with Crippen LogP contribution in [0.1, 0.15) is 27.0 Å². The van der Waals surface area contributed by atoms with Gasteiger partial charge in [0.05, 0.1) is 29.3 Å². The van der Waals surface area contributed by atoms with Crippen LogP contribution in [0.2, 0.25) is 10.0 Å². The molecule has 4 rings (SSSR count). The molecule has 9 heteroatoms. The third-order valence-electron chi connectivity index (χ3n) is 6.29. The van der Waals surface area contributed by atoms with Gasteiger partial charge in [0.25, 0.3) is 11.5 Å². The first-order valence-electron chi connectivity index (χ1n) is 12.2. The Hall–Kier alpha value is -3.91. The van der Waals surface area contributed by atoms with Crippen molar-refractivity contribution in [3.8, 4) is 11.1 Å². The Balaban J connectivity index is 1.56. The van der Waals surface area contributed by atoms with Crippen LogP contribution < -0.4 is 16.6 Å². The molecule has 1 aromatic heterocycles. The number of aromatic nitrogens is 1. The second-order valence-electron chi connectivity index (χ2n) is 8.92. The van der Waals surface area contributed by atoms with Crippen LogP contribution >= 0.6 is 23.2 Å². The molecule has 1 amide bonds. The summed E-state index contributed by atoms with van der Waals surface area (Å²) in [5.41, 5.74) is 9.23. The smallest absolute Gasteiger partial charge is 0.328 e. The van der Waals surface area contributed by atoms with Crippen LogP contribution in [0.25, 0.3) is 11.1 Å². The van der Waals surface area contributed by atoms with Crippen molar-refractivity contribution >= 4 is 35.1 Å². The van der Waals surface area contributed by atoms with Gasteiger partial charge in [-0.1, -0.05) is 89.9 Å². The lowest BCUT2D eigenvalue weighted by Crippen LogP contribution is -2.43. The van der Waals surface area contributed by atoms with Crippen LogP contribution in [0, 0.1) is 0 Å². The highest BCUT2D eigenvalue weighted by molar-refractivity contribution is 6.34. The lowest BCUT2D eigenvalue weighted by Gasteiger charge is -2.18. The maximum Gasteiger partial charge on any atom is 0.328 e. The zero-order valence-corrected chi connectivity index (χ0v) is 22.7. The molecular weight excluding hydrogens is 537 g/mol. The SMILES string of the molecule is COC(=O)[C@H](Cc1ccc(-c2cc(Cl)cn(Cc3ccccc3)c2=O)cc1)NC(=O)c1c(Cl)cccc1CN. The minimum atomic E-state index is -0.968. The van der Waals surface area contributed by atoms with Gasteiger partial charge in [0, 0.05) is 24.7 Å². The van der Waals surface area contributed by atoms with Crippen molar-refractivity contribution in [2.75, 3.05) is 7.11 Å². The van der Waals surface area contributed by atoms with Crippen molar-refractivity contribution in [1.29, 1.82) is 0 Å². The highest BCUT2D eigenvalue weighted by Crippen LogP contribution is 2.22. The normalized spacial score (nSPS) is 11.6. The van der Waals surface area contributed by atoms with Gasteiger partial charge < -0.3 is 20.4 Å². The van der Waals surface area contributed by atoms with Gasteiger partial charge in [-0.15, -0.1) is 0 Å². The largest absolute Gasteiger partial charge is 0.467 e. The molecule has 1 heterocycles. The maximum absolute atomic E-state index is 13.2. The van der Waals surface area contributed by atoms with Crippen LogP contribution in [0.3, 0.4) is 0 Å². The van der Waals surface area contributed by atoms with Gasteiger partial charge >= 0.3 is 5.97 Å². The first-order chi connectivity index (χ1) is 18.8. The third kappa shape index (κ3) is 6.75. The van der Waals surface area contributed by atoms with E-state index >= 15 is 0 Å². The number of halogens is 2. The Bertz CT molecular complexity index is 1540. The van der Waals surface area contributed by atoms with E-state index in [4.69, 9.17) is 33.7 Å². The molecule has 0 bridgehead atoms. The van der Waals surface area contributed by atoms with Crippen LogP contribution in [0.4, 0.5) is 0 Å². The fourth-order valence-electron chi connectivity index (χ4n) is 4.32. The molecule has 39 heavy (non-hydrogen) atoms. The number of nitrogens with one attached hydrogen (secondary N) is 1. The summed E-state index contributed by atoms with van der Waals surface area (Å²) in [7, 11) is 1.25. The lowest BCUT2D eigenvalue weighted by molar-refractivity contribution is -0.142. The molecule has 0 aliphatic rings. The molecule has 3 N–H and O–H groups in total. The molecule has 0 unspecified atom stereocenters. The number of carbonyl (C=O) groups is 2. The van der Waals surface area contributed by atoms with Gasteiger partial charge in [0.2, 0.25) is 0 Å². The fraction of sp³-hybridized carbons (Fsp3) is 0.167. The molecule has 4 aromatic rings. The van der Waals surface area contributed by atoms with Crippen LogP contribution in [-0.4, -0.2) is 29.6 Å². The summed E-state index contributed by atoms with van der Waals surface area (Å²) in [6.07, 6.45) is 1.78. The monoisotopic (exact) mass is 563 g/mol. The van der Waals surface area contributed by atoms with E-state index < -0.39 is 17.9 Å². The number of pyridine rings is 1. The fourth-order valence-corrected chi connectivity index (χ4v) is 4.83. The van der Waals surface area contributed by atoms with Crippen molar-refractivity contribution in [3.05, 3.63) is 128 Å². The third-order valence-corrected chi connectivity index (χ3v) is 6.81. The van der Waals surface area contributed by atoms with Gasteiger partial charge in [-0.25, -0.2) is 4.79 Å². The Kier molecular flexibility index (Phi) is 9.19. The number of hydrogen-bond acceptors (Lipinski definition) is 5. The molecular formula is C30H27Cl2N3O4. The average Bonchev–Trinajstić information content (AvgIpc) is 2.94. The number of rotatable bonds is 9. The van der Waals surface area contributed by atoms with Gasteiger partial charge in [0.1, 0.15) is 6.04 Å². The molecule has 0 fully saturated rings. The average molecular weight is 564 g/mol. The number of benzene rings is 3. The Morgan fingerprint density at radius 1 is 0.974 bits per heavy atom. The Labute approximate surface area is 236 Å². The minimum Gasteiger partial charge on any atom is -0.467 e. The minimum absolute atomic E-state index is 0.115. The predicted octanol–water partition coefficient (Wildman–Crippen LogP) is 4.84. The molecule has 1 atom stereocenters. The molecule has 0 saturated heterocycles. The van der Waals surface area contributed by atoms with E-state index in [2.05, 4.69) is 5.32 Å². The second-order valence-corrected chi connectivity index (χ2v) is 9.76. The van der Waals surface area contributed by atoms with E-state index in [-0.39, 0.29) is 29.1 Å². The summed E-state index contributed by atoms with van der Waals surface area (Å²) in [5.74, 6) is -1.13. The van der Waals surface area contributed by atoms with Crippen LogP contribution in [0.5, 0.6) is 0 Å². The zero-order chi connectivity index (χ0) is 27.9. The van der Waals surface area contributed by atoms with Gasteiger partial charge in [-0.2, -0.15) is 0 Å². The number of carbonyl (C=O) groups excluding carboxylic acids is 2. The van der Waals surface area contributed by atoms with Gasteiger partial charge in [-0.3, -0.25) is 9.59 Å². The maximum atomic E-state index is 13.2. The number of ether oxygens (including phenoxy) is 1. The highest BCUT2D eigenvalue weighted by Gasteiger charge is 2.25. The first kappa shape index (κ1) is 28.1. The molecule has 0 aliphatic carbocycles. The van der Waals surface area contributed by atoms with Crippen molar-refractivity contribution < 1.29 is 14.3 Å². The van der Waals surface area contributed by atoms with E-state index in [1.807, 2.05) is 30.3 Å². The van der Waals surface area contributed by atoms with E-state index in [1.54, 1.807) is 59.3 Å². The first-order valence-corrected chi connectivity index (χ1v) is 13.0. The number of amides is 1. The summed E-state index contributed by atoms with van der Waals surface area (Å²) in [6.45, 7) is 0.507. The van der Waals surface area contributed by atoms with Gasteiger partial charge in [-0.05, 0) is 34.4 Å². The second kappa shape index (κ2) is 12.8. The van der Waals surface area contributed by atoms with Gasteiger partial charge in [0.15, 0.2) is 0 Å². The summed E-state index contributed by atoms with van der Waals surface area (Å²) >= 11 is 12.6. The number of nitrogens with two attached hydrogens (primary N) is 1.